The van der Waals surface area contributed by atoms with Gasteiger partial charge in [0.15, 0.2) is 5.84 Å². The van der Waals surface area contributed by atoms with E-state index in [9.17, 15) is 14.1 Å². The van der Waals surface area contributed by atoms with Gasteiger partial charge in [-0.1, -0.05) is 0 Å². The molecule has 124 valence electrons. The van der Waals surface area contributed by atoms with Gasteiger partial charge >= 0.3 is 5.97 Å². The highest BCUT2D eigenvalue weighted by molar-refractivity contribution is 5.96. The zero-order valence-electron chi connectivity index (χ0n) is 12.5. The molecule has 0 saturated heterocycles. The Hall–Kier alpha value is -3.04. The van der Waals surface area contributed by atoms with E-state index in [1.54, 1.807) is 19.1 Å². The molecule has 1 rings (SSSR count). The molecule has 0 bridgehead atoms. The molecule has 10 heteroatoms. The largest absolute Gasteiger partial charge is 0.386 e. The number of halogens is 1. The number of hydrogen-bond acceptors (Lipinski definition) is 6. The van der Waals surface area contributed by atoms with Crippen molar-refractivity contribution < 1.29 is 19.1 Å². The van der Waals surface area contributed by atoms with Gasteiger partial charge in [-0.15, -0.1) is 10.2 Å². The number of amides is 1. The average molecular weight is 324 g/mol. The standard InChI is InChI=1S/C13H17FN6O3/c1-8(15)19-20-13(16)10-6-5-9(7-17-10)18-11(21)3-2-4-12(22)23-14/h5-7H,2-4H2,1H3,(H2,15,19)(H2,16,20)(H,18,21). The highest BCUT2D eigenvalue weighted by Crippen LogP contribution is 2.08. The van der Waals surface area contributed by atoms with E-state index in [0.29, 0.717) is 11.4 Å². The molecule has 23 heavy (non-hydrogen) atoms. The quantitative estimate of drug-likeness (QED) is 0.381. The average Bonchev–Trinajstić information content (AvgIpc) is 2.53. The van der Waals surface area contributed by atoms with Gasteiger partial charge < -0.3 is 16.8 Å². The molecule has 5 N–H and O–H groups in total. The van der Waals surface area contributed by atoms with Gasteiger partial charge in [-0.25, -0.2) is 4.79 Å². The molecular weight excluding hydrogens is 307 g/mol. The zero-order chi connectivity index (χ0) is 17.2. The number of hydrogen-bond donors (Lipinski definition) is 3. The Labute approximate surface area is 131 Å². The topological polar surface area (TPSA) is 145 Å². The first kappa shape index (κ1) is 18.0. The Morgan fingerprint density at radius 2 is 2.04 bits per heavy atom. The minimum atomic E-state index is -1.01. The van der Waals surface area contributed by atoms with Crippen LogP contribution in [0.1, 0.15) is 31.9 Å². The second-order valence-electron chi connectivity index (χ2n) is 4.51. The van der Waals surface area contributed by atoms with Crippen molar-refractivity contribution in [2.24, 2.45) is 21.7 Å². The van der Waals surface area contributed by atoms with Crippen molar-refractivity contribution in [2.45, 2.75) is 26.2 Å². The first-order chi connectivity index (χ1) is 10.9. The Balaban J connectivity index is 2.54. The number of nitrogens with two attached hydrogens (primary N) is 2. The first-order valence-corrected chi connectivity index (χ1v) is 6.63. The minimum absolute atomic E-state index is 0.0466. The third-order valence-corrected chi connectivity index (χ3v) is 2.50. The fraction of sp³-hybridized carbons (Fsp3) is 0.308. The van der Waals surface area contributed by atoms with E-state index in [2.05, 4.69) is 25.4 Å². The summed E-state index contributed by atoms with van der Waals surface area (Å²) in [7, 11) is 0. The molecule has 0 aromatic carbocycles. The maximum atomic E-state index is 11.6. The molecule has 0 spiro atoms. The first-order valence-electron chi connectivity index (χ1n) is 6.63. The van der Waals surface area contributed by atoms with Crippen molar-refractivity contribution in [1.82, 2.24) is 4.98 Å². The summed E-state index contributed by atoms with van der Waals surface area (Å²) in [5, 5.41) is 9.87. The molecule has 0 fully saturated rings. The lowest BCUT2D eigenvalue weighted by molar-refractivity contribution is -0.183. The number of amidine groups is 2. The van der Waals surface area contributed by atoms with E-state index in [4.69, 9.17) is 11.5 Å². The van der Waals surface area contributed by atoms with Crippen molar-refractivity contribution in [2.75, 3.05) is 5.32 Å². The van der Waals surface area contributed by atoms with Crippen LogP contribution < -0.4 is 16.8 Å². The van der Waals surface area contributed by atoms with Crippen molar-refractivity contribution >= 4 is 29.2 Å². The summed E-state index contributed by atoms with van der Waals surface area (Å²) in [6.45, 7) is 1.57. The summed E-state index contributed by atoms with van der Waals surface area (Å²) in [5.74, 6) is -1.00. The summed E-state index contributed by atoms with van der Waals surface area (Å²) in [4.78, 5) is 29.2. The third kappa shape index (κ3) is 6.98. The summed E-state index contributed by atoms with van der Waals surface area (Å²) < 4.78 is 11.5. The number of carbonyl (C=O) groups excluding carboxylic acids is 2. The van der Waals surface area contributed by atoms with Gasteiger partial charge in [0.05, 0.1) is 11.9 Å². The van der Waals surface area contributed by atoms with Gasteiger partial charge in [0.2, 0.25) is 5.91 Å². The molecule has 0 aliphatic rings. The molecule has 1 aromatic heterocycles. The SMILES string of the molecule is C/C(N)=N/N=C(\N)c1ccc(NC(=O)CCCC(=O)OF)cn1. The number of rotatable bonds is 7. The highest BCUT2D eigenvalue weighted by Gasteiger charge is 2.08. The molecule has 0 aliphatic carbocycles. The molecule has 1 heterocycles. The summed E-state index contributed by atoms with van der Waals surface area (Å²) in [5.41, 5.74) is 11.8. The molecule has 9 nitrogen and oxygen atoms in total. The fourth-order valence-corrected chi connectivity index (χ4v) is 1.46. The second kappa shape index (κ2) is 9.07. The van der Waals surface area contributed by atoms with Crippen LogP contribution in [-0.4, -0.2) is 28.5 Å². The van der Waals surface area contributed by atoms with Crippen LogP contribution in [0, 0.1) is 0 Å². The van der Waals surface area contributed by atoms with E-state index in [1.807, 2.05) is 0 Å². The van der Waals surface area contributed by atoms with E-state index >= 15 is 0 Å². The number of nitrogens with zero attached hydrogens (tertiary/aromatic N) is 3. The van der Waals surface area contributed by atoms with Gasteiger partial charge in [-0.05, 0) is 25.5 Å². The number of pyridine rings is 1. The predicted molar refractivity (Wildman–Crippen MR) is 81.9 cm³/mol. The van der Waals surface area contributed by atoms with Crippen LogP contribution in [0.15, 0.2) is 28.5 Å². The monoisotopic (exact) mass is 324 g/mol. The molecule has 0 radical (unpaired) electrons. The molecule has 0 unspecified atom stereocenters. The Morgan fingerprint density at radius 1 is 1.30 bits per heavy atom. The van der Waals surface area contributed by atoms with E-state index in [1.165, 1.54) is 6.20 Å². The van der Waals surface area contributed by atoms with Crippen LogP contribution in [-0.2, 0) is 14.5 Å². The van der Waals surface area contributed by atoms with Crippen LogP contribution in [0.4, 0.5) is 10.2 Å². The van der Waals surface area contributed by atoms with Crippen molar-refractivity contribution in [3.63, 3.8) is 0 Å². The maximum absolute atomic E-state index is 11.6. The van der Waals surface area contributed by atoms with Crippen LogP contribution in [0.5, 0.6) is 0 Å². The van der Waals surface area contributed by atoms with Crippen LogP contribution in [0.3, 0.4) is 0 Å². The summed E-state index contributed by atoms with van der Waals surface area (Å²) >= 11 is 0. The lowest BCUT2D eigenvalue weighted by atomic mass is 10.2. The third-order valence-electron chi connectivity index (χ3n) is 2.50. The van der Waals surface area contributed by atoms with Crippen molar-refractivity contribution in [3.8, 4) is 0 Å². The van der Waals surface area contributed by atoms with Gasteiger partial charge in [-0.2, -0.15) is 0 Å². The smallest absolute Gasteiger partial charge is 0.348 e. The lowest BCUT2D eigenvalue weighted by Crippen LogP contribution is -2.16. The molecule has 0 saturated carbocycles. The zero-order valence-corrected chi connectivity index (χ0v) is 12.5. The Bertz CT molecular complexity index is 611. The Morgan fingerprint density at radius 3 is 2.61 bits per heavy atom. The number of aromatic nitrogens is 1. The van der Waals surface area contributed by atoms with Crippen molar-refractivity contribution in [1.29, 1.82) is 0 Å². The molecule has 0 atom stereocenters. The summed E-state index contributed by atoms with van der Waals surface area (Å²) in [6, 6.07) is 3.13. The molecule has 1 amide bonds. The van der Waals surface area contributed by atoms with Crippen molar-refractivity contribution in [3.05, 3.63) is 24.0 Å². The molecule has 0 aliphatic heterocycles. The Kier molecular flexibility index (Phi) is 7.11. The van der Waals surface area contributed by atoms with Gasteiger partial charge in [-0.3, -0.25) is 14.7 Å². The van der Waals surface area contributed by atoms with Gasteiger partial charge in [0, 0.05) is 17.4 Å². The summed E-state index contributed by atoms with van der Waals surface area (Å²) in [6.07, 6.45) is 1.45. The maximum Gasteiger partial charge on any atom is 0.348 e. The van der Waals surface area contributed by atoms with Gasteiger partial charge in [0.25, 0.3) is 0 Å². The predicted octanol–water partition coefficient (Wildman–Crippen LogP) is 0.615. The second-order valence-corrected chi connectivity index (χ2v) is 4.51. The van der Waals surface area contributed by atoms with Crippen LogP contribution in [0.25, 0.3) is 0 Å². The van der Waals surface area contributed by atoms with Crippen LogP contribution >= 0.6 is 0 Å². The minimum Gasteiger partial charge on any atom is -0.386 e. The number of anilines is 1. The number of nitrogens with one attached hydrogen (secondary N) is 1. The van der Waals surface area contributed by atoms with E-state index in [0.717, 1.165) is 0 Å². The van der Waals surface area contributed by atoms with Gasteiger partial charge in [0.1, 0.15) is 11.5 Å². The number of carbonyl (C=O) groups is 2. The highest BCUT2D eigenvalue weighted by atomic mass is 19.3. The van der Waals surface area contributed by atoms with E-state index < -0.39 is 5.97 Å². The normalized spacial score (nSPS) is 11.9. The van der Waals surface area contributed by atoms with E-state index in [-0.39, 0.29) is 36.8 Å². The molecular formula is C13H17FN6O3. The molecule has 1 aromatic rings. The van der Waals surface area contributed by atoms with Crippen LogP contribution in [0.2, 0.25) is 0 Å². The lowest BCUT2D eigenvalue weighted by Gasteiger charge is -2.05. The fourth-order valence-electron chi connectivity index (χ4n) is 1.46.